The van der Waals surface area contributed by atoms with Gasteiger partial charge in [0.2, 0.25) is 0 Å². The molecule has 6 nitrogen and oxygen atoms in total. The molecule has 2 amide bonds. The van der Waals surface area contributed by atoms with Crippen LogP contribution in [0.15, 0.2) is 66.7 Å². The molecular weight excluding hydrogens is 411 g/mol. The molecule has 0 heterocycles. The van der Waals surface area contributed by atoms with Crippen LogP contribution >= 0.6 is 11.6 Å². The number of ether oxygens (including phenoxy) is 2. The predicted octanol–water partition coefficient (Wildman–Crippen LogP) is 4.76. The molecule has 0 aliphatic carbocycles. The third-order valence-corrected chi connectivity index (χ3v) is 4.32. The summed E-state index contributed by atoms with van der Waals surface area (Å²) in [5.74, 6) is -0.159. The predicted molar refractivity (Wildman–Crippen MR) is 113 cm³/mol. The Bertz CT molecular complexity index is 1040. The minimum Gasteiger partial charge on any atom is -0.495 e. The minimum absolute atomic E-state index is 0.229. The van der Waals surface area contributed by atoms with Gasteiger partial charge in [0.05, 0.1) is 12.1 Å². The summed E-state index contributed by atoms with van der Waals surface area (Å²) in [6.45, 7) is -0.229. The molecule has 0 saturated carbocycles. The highest BCUT2D eigenvalue weighted by molar-refractivity contribution is 6.32. The average Bonchev–Trinajstić information content (AvgIpc) is 2.74. The fraction of sp³-hybridized carbons (Fsp3) is 0.0909. The van der Waals surface area contributed by atoms with Crippen LogP contribution in [0.2, 0.25) is 5.02 Å². The van der Waals surface area contributed by atoms with Crippen molar-refractivity contribution >= 4 is 34.8 Å². The van der Waals surface area contributed by atoms with Gasteiger partial charge >= 0.3 is 0 Å². The third kappa shape index (κ3) is 5.71. The van der Waals surface area contributed by atoms with Crippen LogP contribution in [0.3, 0.4) is 0 Å². The van der Waals surface area contributed by atoms with Gasteiger partial charge in [-0.05, 0) is 66.7 Å². The summed E-state index contributed by atoms with van der Waals surface area (Å²) in [6, 6.07) is 16.7. The number of nitrogens with one attached hydrogen (secondary N) is 2. The smallest absolute Gasteiger partial charge is 0.262 e. The van der Waals surface area contributed by atoms with Gasteiger partial charge in [-0.3, -0.25) is 9.59 Å². The van der Waals surface area contributed by atoms with E-state index in [1.165, 1.54) is 31.4 Å². The topological polar surface area (TPSA) is 76.7 Å². The summed E-state index contributed by atoms with van der Waals surface area (Å²) >= 11 is 6.06. The number of hydrogen-bond donors (Lipinski definition) is 2. The molecule has 0 aromatic heterocycles. The number of amides is 2. The van der Waals surface area contributed by atoms with Crippen LogP contribution in [-0.2, 0) is 4.79 Å². The number of benzene rings is 3. The fourth-order valence-electron chi connectivity index (χ4n) is 2.53. The van der Waals surface area contributed by atoms with Gasteiger partial charge in [0.1, 0.15) is 17.3 Å². The summed E-state index contributed by atoms with van der Waals surface area (Å²) in [4.78, 5) is 24.3. The minimum atomic E-state index is -0.389. The van der Waals surface area contributed by atoms with E-state index in [1.54, 1.807) is 42.5 Å². The number of hydrogen-bond acceptors (Lipinski definition) is 4. The highest BCUT2D eigenvalue weighted by atomic mass is 35.5. The quantitative estimate of drug-likeness (QED) is 0.569. The third-order valence-electron chi connectivity index (χ3n) is 4.02. The summed E-state index contributed by atoms with van der Waals surface area (Å²) < 4.78 is 23.4. The van der Waals surface area contributed by atoms with E-state index in [0.29, 0.717) is 33.5 Å². The molecule has 0 aliphatic rings. The molecule has 0 radical (unpaired) electrons. The van der Waals surface area contributed by atoms with Crippen LogP contribution in [0.4, 0.5) is 15.8 Å². The maximum absolute atomic E-state index is 12.9. The molecule has 0 unspecified atom stereocenters. The van der Waals surface area contributed by atoms with Crippen molar-refractivity contribution in [3.63, 3.8) is 0 Å². The number of carbonyl (C=O) groups excluding carboxylic acids is 2. The number of halogens is 2. The number of anilines is 2. The summed E-state index contributed by atoms with van der Waals surface area (Å²) in [5, 5.41) is 5.72. The highest BCUT2D eigenvalue weighted by Crippen LogP contribution is 2.27. The molecular formula is C22H18ClFN2O4. The lowest BCUT2D eigenvalue weighted by Crippen LogP contribution is -2.20. The van der Waals surface area contributed by atoms with Gasteiger partial charge in [0, 0.05) is 16.9 Å². The number of methoxy groups -OCH3 is 1. The van der Waals surface area contributed by atoms with Gasteiger partial charge in [-0.1, -0.05) is 11.6 Å². The van der Waals surface area contributed by atoms with E-state index < -0.39 is 0 Å². The van der Waals surface area contributed by atoms with E-state index >= 15 is 0 Å². The lowest BCUT2D eigenvalue weighted by molar-refractivity contribution is -0.118. The van der Waals surface area contributed by atoms with Crippen LogP contribution in [-0.4, -0.2) is 25.5 Å². The van der Waals surface area contributed by atoms with Gasteiger partial charge in [-0.15, -0.1) is 0 Å². The summed E-state index contributed by atoms with van der Waals surface area (Å²) in [7, 11) is 1.51. The molecule has 3 aromatic carbocycles. The monoisotopic (exact) mass is 428 g/mol. The molecule has 2 N–H and O–H groups in total. The Morgan fingerprint density at radius 1 is 0.933 bits per heavy atom. The van der Waals surface area contributed by atoms with Crippen molar-refractivity contribution in [1.29, 1.82) is 0 Å². The zero-order valence-electron chi connectivity index (χ0n) is 15.9. The molecule has 0 aliphatic heterocycles. The molecule has 0 fully saturated rings. The first-order valence-corrected chi connectivity index (χ1v) is 9.25. The first-order valence-electron chi connectivity index (χ1n) is 8.88. The molecule has 0 bridgehead atoms. The summed E-state index contributed by atoms with van der Waals surface area (Å²) in [5.41, 5.74) is 1.41. The first kappa shape index (κ1) is 21.1. The molecule has 8 heteroatoms. The zero-order valence-corrected chi connectivity index (χ0v) is 16.7. The van der Waals surface area contributed by atoms with Crippen molar-refractivity contribution in [1.82, 2.24) is 0 Å². The highest BCUT2D eigenvalue weighted by Gasteiger charge is 2.09. The standard InChI is InChI=1S/C22H18ClFN2O4/c1-29-20-11-8-17(12-19(20)23)26-22(28)14-2-9-18(10-3-14)30-13-21(27)25-16-6-4-15(24)5-7-16/h2-12H,13H2,1H3,(H,25,27)(H,26,28). The zero-order chi connectivity index (χ0) is 21.5. The molecule has 0 atom stereocenters. The second-order valence-corrected chi connectivity index (χ2v) is 6.58. The second-order valence-electron chi connectivity index (χ2n) is 6.17. The van der Waals surface area contributed by atoms with Crippen molar-refractivity contribution in [3.05, 3.63) is 83.1 Å². The van der Waals surface area contributed by atoms with Crippen LogP contribution in [0.1, 0.15) is 10.4 Å². The van der Waals surface area contributed by atoms with Crippen LogP contribution in [0, 0.1) is 5.82 Å². The van der Waals surface area contributed by atoms with Crippen molar-refractivity contribution in [3.8, 4) is 11.5 Å². The van der Waals surface area contributed by atoms with Crippen LogP contribution in [0.25, 0.3) is 0 Å². The van der Waals surface area contributed by atoms with E-state index in [0.717, 1.165) is 0 Å². The second kappa shape index (κ2) is 9.76. The lowest BCUT2D eigenvalue weighted by atomic mass is 10.2. The molecule has 0 saturated heterocycles. The average molecular weight is 429 g/mol. The van der Waals surface area contributed by atoms with Gasteiger partial charge in [-0.25, -0.2) is 4.39 Å². The number of carbonyl (C=O) groups is 2. The van der Waals surface area contributed by atoms with Gasteiger partial charge in [0.15, 0.2) is 6.61 Å². The largest absolute Gasteiger partial charge is 0.495 e. The van der Waals surface area contributed by atoms with E-state index in [4.69, 9.17) is 21.1 Å². The number of rotatable bonds is 7. The lowest BCUT2D eigenvalue weighted by Gasteiger charge is -2.10. The van der Waals surface area contributed by atoms with E-state index in [9.17, 15) is 14.0 Å². The van der Waals surface area contributed by atoms with E-state index in [-0.39, 0.29) is 24.2 Å². The Labute approximate surface area is 177 Å². The van der Waals surface area contributed by atoms with E-state index in [2.05, 4.69) is 10.6 Å². The van der Waals surface area contributed by atoms with Crippen LogP contribution in [0.5, 0.6) is 11.5 Å². The molecule has 154 valence electrons. The van der Waals surface area contributed by atoms with Crippen LogP contribution < -0.4 is 20.1 Å². The Balaban J connectivity index is 1.52. The molecule has 3 aromatic rings. The van der Waals surface area contributed by atoms with Crippen molar-refractivity contribution in [2.45, 2.75) is 0 Å². The van der Waals surface area contributed by atoms with Gasteiger partial charge in [-0.2, -0.15) is 0 Å². The Hall–Kier alpha value is -3.58. The maximum atomic E-state index is 12.9. The van der Waals surface area contributed by atoms with E-state index in [1.807, 2.05) is 0 Å². The Morgan fingerprint density at radius 3 is 2.23 bits per heavy atom. The SMILES string of the molecule is COc1ccc(NC(=O)c2ccc(OCC(=O)Nc3ccc(F)cc3)cc2)cc1Cl. The van der Waals surface area contributed by atoms with Crippen molar-refractivity contribution in [2.75, 3.05) is 24.4 Å². The van der Waals surface area contributed by atoms with Gasteiger partial charge in [0.25, 0.3) is 11.8 Å². The normalized spacial score (nSPS) is 10.2. The fourth-order valence-corrected chi connectivity index (χ4v) is 2.79. The summed E-state index contributed by atoms with van der Waals surface area (Å²) in [6.07, 6.45) is 0. The molecule has 30 heavy (non-hydrogen) atoms. The first-order chi connectivity index (χ1) is 14.4. The van der Waals surface area contributed by atoms with Crippen molar-refractivity contribution in [2.24, 2.45) is 0 Å². The van der Waals surface area contributed by atoms with Gasteiger partial charge < -0.3 is 20.1 Å². The van der Waals surface area contributed by atoms with Crippen molar-refractivity contribution < 1.29 is 23.5 Å². The Kier molecular flexibility index (Phi) is 6.87. The Morgan fingerprint density at radius 2 is 1.60 bits per heavy atom. The molecule has 0 spiro atoms. The molecule has 3 rings (SSSR count). The maximum Gasteiger partial charge on any atom is 0.262 e.